The molecule has 8 nitrogen and oxygen atoms in total. The molecule has 234 valence electrons. The van der Waals surface area contributed by atoms with Gasteiger partial charge in [0.1, 0.15) is 12.3 Å². The van der Waals surface area contributed by atoms with Crippen molar-refractivity contribution in [1.82, 2.24) is 20.5 Å². The van der Waals surface area contributed by atoms with Gasteiger partial charge in [0.2, 0.25) is 5.89 Å². The van der Waals surface area contributed by atoms with Crippen molar-refractivity contribution >= 4 is 17.4 Å². The van der Waals surface area contributed by atoms with Gasteiger partial charge in [-0.2, -0.15) is 0 Å². The molecule has 8 heteroatoms. The molecule has 2 heterocycles. The summed E-state index contributed by atoms with van der Waals surface area (Å²) in [5.41, 5.74) is 6.39. The number of allylic oxidation sites excluding steroid dienone is 1. The number of hydrogen-bond acceptors (Lipinski definition) is 6. The molecule has 2 amide bonds. The fraction of sp³-hybridized carbons (Fsp3) is 0.324. The standard InChI is InChI=1S/C37H42N4O4/c1-23(2)29-14-9-11-27(19-29)21-38-33(28-12-7-6-8-13-28)34(42)26(5)40-35(43)30-17-24(3)18-31(20-30)37(44)41-16-10-15-32(41)36-39-25(4)22-45-36/h6-9,11-14,17-20,22,26,32-34,38,42H,1,10,15-16,21H2,2-5H3,(H,40,43). The lowest BCUT2D eigenvalue weighted by molar-refractivity contribution is 0.0715. The van der Waals surface area contributed by atoms with Crippen LogP contribution < -0.4 is 10.6 Å². The minimum atomic E-state index is -0.943. The SMILES string of the molecule is C=C(C)c1cccc(CNC(c2ccccc2)C(O)C(C)NC(=O)c2cc(C)cc(C(=O)N3CCCC3c3nc(C)co3)c2)c1. The predicted molar refractivity (Wildman–Crippen MR) is 176 cm³/mol. The van der Waals surface area contributed by atoms with Crippen molar-refractivity contribution in [2.24, 2.45) is 0 Å². The first-order valence-electron chi connectivity index (χ1n) is 15.5. The van der Waals surface area contributed by atoms with Gasteiger partial charge in [-0.05, 0) is 81.0 Å². The summed E-state index contributed by atoms with van der Waals surface area (Å²) in [4.78, 5) is 33.4. The van der Waals surface area contributed by atoms with Crippen molar-refractivity contribution in [2.45, 2.75) is 71.3 Å². The highest BCUT2D eigenvalue weighted by Gasteiger charge is 2.34. The average molecular weight is 607 g/mol. The van der Waals surface area contributed by atoms with Crippen LogP contribution in [-0.2, 0) is 6.54 Å². The molecule has 1 fully saturated rings. The summed E-state index contributed by atoms with van der Waals surface area (Å²) in [5.74, 6) is 0.0155. The molecule has 3 N–H and O–H groups in total. The van der Waals surface area contributed by atoms with Crippen LogP contribution in [0.25, 0.3) is 5.57 Å². The quantitative estimate of drug-likeness (QED) is 0.185. The molecular weight excluding hydrogens is 564 g/mol. The molecule has 4 aromatic rings. The van der Waals surface area contributed by atoms with Gasteiger partial charge in [-0.3, -0.25) is 9.59 Å². The maximum Gasteiger partial charge on any atom is 0.254 e. The van der Waals surface area contributed by atoms with E-state index in [0.29, 0.717) is 30.1 Å². The number of nitrogens with zero attached hydrogens (tertiary/aromatic N) is 2. The van der Waals surface area contributed by atoms with Gasteiger partial charge >= 0.3 is 0 Å². The molecule has 4 atom stereocenters. The molecule has 5 rings (SSSR count). The zero-order valence-electron chi connectivity index (χ0n) is 26.4. The van der Waals surface area contributed by atoms with Gasteiger partial charge in [0.15, 0.2) is 0 Å². The molecule has 1 saturated heterocycles. The van der Waals surface area contributed by atoms with Gasteiger partial charge in [0.05, 0.1) is 23.9 Å². The van der Waals surface area contributed by atoms with Crippen LogP contribution in [0.5, 0.6) is 0 Å². The van der Waals surface area contributed by atoms with E-state index in [4.69, 9.17) is 4.42 Å². The summed E-state index contributed by atoms with van der Waals surface area (Å²) in [6.07, 6.45) is 2.28. The summed E-state index contributed by atoms with van der Waals surface area (Å²) in [5, 5.41) is 18.0. The highest BCUT2D eigenvalue weighted by molar-refractivity contribution is 6.00. The van der Waals surface area contributed by atoms with Crippen molar-refractivity contribution in [3.8, 4) is 0 Å². The second-order valence-electron chi connectivity index (χ2n) is 12.1. The number of nitrogens with one attached hydrogen (secondary N) is 2. The van der Waals surface area contributed by atoms with Crippen LogP contribution in [0.15, 0.2) is 90.1 Å². The van der Waals surface area contributed by atoms with Crippen molar-refractivity contribution < 1.29 is 19.1 Å². The Morgan fingerprint density at radius 3 is 2.51 bits per heavy atom. The fourth-order valence-electron chi connectivity index (χ4n) is 5.93. The van der Waals surface area contributed by atoms with E-state index in [-0.39, 0.29) is 17.9 Å². The molecule has 0 spiro atoms. The third kappa shape index (κ3) is 7.59. The monoisotopic (exact) mass is 606 g/mol. The first kappa shape index (κ1) is 31.9. The minimum Gasteiger partial charge on any atom is -0.446 e. The van der Waals surface area contributed by atoms with E-state index in [9.17, 15) is 14.7 Å². The Hall–Kier alpha value is -4.53. The smallest absolute Gasteiger partial charge is 0.254 e. The number of benzene rings is 3. The number of aromatic nitrogens is 1. The van der Waals surface area contributed by atoms with Crippen LogP contribution in [0.2, 0.25) is 0 Å². The first-order chi connectivity index (χ1) is 21.6. The lowest BCUT2D eigenvalue weighted by Crippen LogP contribution is -2.47. The van der Waals surface area contributed by atoms with Gasteiger partial charge in [-0.15, -0.1) is 0 Å². The number of oxazole rings is 1. The molecule has 0 radical (unpaired) electrons. The van der Waals surface area contributed by atoms with Crippen LogP contribution in [0.3, 0.4) is 0 Å². The molecule has 1 aromatic heterocycles. The number of aliphatic hydroxyl groups excluding tert-OH is 1. The number of likely N-dealkylation sites (tertiary alicyclic amines) is 1. The number of aryl methyl sites for hydroxylation is 2. The van der Waals surface area contributed by atoms with Crippen molar-refractivity contribution in [3.63, 3.8) is 0 Å². The summed E-state index contributed by atoms with van der Waals surface area (Å²) in [6, 6.07) is 21.8. The Morgan fingerprint density at radius 1 is 1.04 bits per heavy atom. The van der Waals surface area contributed by atoms with Gasteiger partial charge in [-0.25, -0.2) is 4.98 Å². The van der Waals surface area contributed by atoms with Crippen LogP contribution in [0.4, 0.5) is 0 Å². The highest BCUT2D eigenvalue weighted by atomic mass is 16.3. The van der Waals surface area contributed by atoms with Crippen LogP contribution in [-0.4, -0.2) is 45.5 Å². The van der Waals surface area contributed by atoms with Crippen LogP contribution >= 0.6 is 0 Å². The first-order valence-corrected chi connectivity index (χ1v) is 15.5. The van der Waals surface area contributed by atoms with Crippen LogP contribution in [0.1, 0.15) is 93.3 Å². The molecule has 0 aliphatic carbocycles. The summed E-state index contributed by atoms with van der Waals surface area (Å²) >= 11 is 0. The van der Waals surface area contributed by atoms with E-state index in [1.807, 2.05) is 69.3 Å². The number of aliphatic hydroxyl groups is 1. The van der Waals surface area contributed by atoms with Gasteiger partial charge < -0.3 is 25.1 Å². The number of carbonyl (C=O) groups is 2. The molecule has 0 saturated carbocycles. The Morgan fingerprint density at radius 2 is 1.80 bits per heavy atom. The second-order valence-corrected chi connectivity index (χ2v) is 12.1. The Kier molecular flexibility index (Phi) is 9.96. The minimum absolute atomic E-state index is 0.164. The van der Waals surface area contributed by atoms with Crippen molar-refractivity contribution in [1.29, 1.82) is 0 Å². The fourth-order valence-corrected chi connectivity index (χ4v) is 5.93. The number of amides is 2. The third-order valence-electron chi connectivity index (χ3n) is 8.34. The highest BCUT2D eigenvalue weighted by Crippen LogP contribution is 2.33. The Balaban J connectivity index is 1.30. The molecule has 1 aliphatic rings. The number of hydrogen-bond donors (Lipinski definition) is 3. The maximum absolute atomic E-state index is 13.7. The third-order valence-corrected chi connectivity index (χ3v) is 8.34. The lowest BCUT2D eigenvalue weighted by atomic mass is 9.95. The summed E-state index contributed by atoms with van der Waals surface area (Å²) < 4.78 is 5.62. The second kappa shape index (κ2) is 14.1. The van der Waals surface area contributed by atoms with E-state index < -0.39 is 18.2 Å². The Bertz CT molecular complexity index is 1660. The number of carbonyl (C=O) groups excluding carboxylic acids is 2. The van der Waals surface area contributed by atoms with Crippen molar-refractivity contribution in [2.75, 3.05) is 6.54 Å². The topological polar surface area (TPSA) is 108 Å². The van der Waals surface area contributed by atoms with Crippen LogP contribution in [0, 0.1) is 13.8 Å². The largest absolute Gasteiger partial charge is 0.446 e. The predicted octanol–water partition coefficient (Wildman–Crippen LogP) is 6.31. The molecule has 4 unspecified atom stereocenters. The van der Waals surface area contributed by atoms with Gasteiger partial charge in [0, 0.05) is 24.2 Å². The van der Waals surface area contributed by atoms with E-state index in [1.165, 1.54) is 0 Å². The zero-order valence-corrected chi connectivity index (χ0v) is 26.4. The van der Waals surface area contributed by atoms with Gasteiger partial charge in [-0.1, -0.05) is 66.7 Å². The Labute approximate surface area is 265 Å². The normalized spacial score (nSPS) is 16.6. The van der Waals surface area contributed by atoms with Crippen molar-refractivity contribution in [3.05, 3.63) is 131 Å². The maximum atomic E-state index is 13.7. The zero-order chi connectivity index (χ0) is 32.1. The summed E-state index contributed by atoms with van der Waals surface area (Å²) in [6.45, 7) is 12.6. The molecule has 1 aliphatic heterocycles. The summed E-state index contributed by atoms with van der Waals surface area (Å²) in [7, 11) is 0. The number of rotatable bonds is 11. The van der Waals surface area contributed by atoms with E-state index in [1.54, 1.807) is 36.3 Å². The molecular formula is C37H42N4O4. The van der Waals surface area contributed by atoms with E-state index in [0.717, 1.165) is 46.4 Å². The lowest BCUT2D eigenvalue weighted by Gasteiger charge is -2.30. The van der Waals surface area contributed by atoms with E-state index >= 15 is 0 Å². The average Bonchev–Trinajstić information content (AvgIpc) is 3.70. The molecule has 45 heavy (non-hydrogen) atoms. The molecule has 0 bridgehead atoms. The molecule has 3 aromatic carbocycles. The van der Waals surface area contributed by atoms with Gasteiger partial charge in [0.25, 0.3) is 11.8 Å². The van der Waals surface area contributed by atoms with E-state index in [2.05, 4.69) is 28.3 Å².